The molecule has 0 aliphatic rings. The Bertz CT molecular complexity index is 719. The Morgan fingerprint density at radius 2 is 2.11 bits per heavy atom. The van der Waals surface area contributed by atoms with Gasteiger partial charge in [0.1, 0.15) is 6.07 Å². The van der Waals surface area contributed by atoms with Gasteiger partial charge in [-0.05, 0) is 41.1 Å². The number of nitrogens with one attached hydrogen (secondary N) is 1. The van der Waals surface area contributed by atoms with Crippen LogP contribution in [0.5, 0.6) is 0 Å². The number of benzene rings is 1. The molecule has 0 saturated carbocycles. The van der Waals surface area contributed by atoms with Crippen LogP contribution in [-0.2, 0) is 6.54 Å². The van der Waals surface area contributed by atoms with Crippen molar-refractivity contribution in [1.82, 2.24) is 0 Å². The Labute approximate surface area is 113 Å². The van der Waals surface area contributed by atoms with E-state index < -0.39 is 0 Å². The van der Waals surface area contributed by atoms with E-state index >= 15 is 0 Å². The molecular weight excluding hydrogens is 260 g/mol. The first-order chi connectivity index (χ1) is 8.85. The zero-order chi connectivity index (χ0) is 12.4. The van der Waals surface area contributed by atoms with Gasteiger partial charge in [0, 0.05) is 27.2 Å². The fourth-order valence-corrected chi connectivity index (χ4v) is 3.32. The van der Waals surface area contributed by atoms with E-state index in [9.17, 15) is 0 Å². The van der Waals surface area contributed by atoms with Crippen molar-refractivity contribution >= 4 is 38.4 Å². The Morgan fingerprint density at radius 1 is 1.17 bits per heavy atom. The monoisotopic (exact) mass is 270 g/mol. The molecule has 1 N–H and O–H groups in total. The molecule has 2 aromatic heterocycles. The fraction of sp³-hybridized carbons (Fsp3) is 0.0714. The van der Waals surface area contributed by atoms with Gasteiger partial charge in [0.15, 0.2) is 0 Å². The molecule has 3 aromatic rings. The number of hydrogen-bond acceptors (Lipinski definition) is 4. The molecular formula is C14H10N2S2. The second kappa shape index (κ2) is 4.81. The van der Waals surface area contributed by atoms with Crippen molar-refractivity contribution < 1.29 is 0 Å². The van der Waals surface area contributed by atoms with Crippen LogP contribution in [0.1, 0.15) is 10.4 Å². The largest absolute Gasteiger partial charge is 0.380 e. The molecule has 0 radical (unpaired) electrons. The Morgan fingerprint density at radius 3 is 2.94 bits per heavy atom. The molecule has 0 aliphatic carbocycles. The average molecular weight is 270 g/mol. The minimum absolute atomic E-state index is 0.741. The van der Waals surface area contributed by atoms with Gasteiger partial charge in [-0.3, -0.25) is 0 Å². The summed E-state index contributed by atoms with van der Waals surface area (Å²) >= 11 is 3.37. The van der Waals surface area contributed by atoms with Crippen molar-refractivity contribution in [3.05, 3.63) is 51.5 Å². The molecule has 4 heteroatoms. The summed E-state index contributed by atoms with van der Waals surface area (Å²) in [6, 6.07) is 12.6. The van der Waals surface area contributed by atoms with E-state index in [1.54, 1.807) is 22.7 Å². The smallest absolute Gasteiger partial charge is 0.100 e. The maximum Gasteiger partial charge on any atom is 0.100 e. The lowest BCUT2D eigenvalue weighted by molar-refractivity contribution is 1.19. The van der Waals surface area contributed by atoms with E-state index in [0.29, 0.717) is 0 Å². The van der Waals surface area contributed by atoms with Crippen LogP contribution in [0.15, 0.2) is 41.1 Å². The highest BCUT2D eigenvalue weighted by atomic mass is 32.1. The van der Waals surface area contributed by atoms with E-state index in [0.717, 1.165) is 17.8 Å². The predicted octanol–water partition coefficient (Wildman–Crippen LogP) is 4.45. The highest BCUT2D eigenvalue weighted by molar-refractivity contribution is 7.17. The van der Waals surface area contributed by atoms with Gasteiger partial charge in [0.05, 0.1) is 5.56 Å². The fourth-order valence-electron chi connectivity index (χ4n) is 1.80. The summed E-state index contributed by atoms with van der Waals surface area (Å²) in [5, 5.41) is 17.4. The zero-order valence-corrected chi connectivity index (χ0v) is 11.1. The van der Waals surface area contributed by atoms with Gasteiger partial charge in [-0.1, -0.05) is 0 Å². The summed E-state index contributed by atoms with van der Waals surface area (Å²) in [6.45, 7) is 0.766. The Kier molecular flexibility index (Phi) is 3.01. The number of fused-ring (bicyclic) bond motifs is 1. The van der Waals surface area contributed by atoms with Crippen LogP contribution < -0.4 is 5.32 Å². The van der Waals surface area contributed by atoms with Crippen molar-refractivity contribution in [2.24, 2.45) is 0 Å². The van der Waals surface area contributed by atoms with Gasteiger partial charge >= 0.3 is 0 Å². The molecule has 0 bridgehead atoms. The van der Waals surface area contributed by atoms with Crippen LogP contribution in [0.4, 0.5) is 5.69 Å². The normalized spacial score (nSPS) is 10.4. The first kappa shape index (κ1) is 11.3. The summed E-state index contributed by atoms with van der Waals surface area (Å²) in [6.07, 6.45) is 0. The average Bonchev–Trinajstić information content (AvgIpc) is 3.04. The van der Waals surface area contributed by atoms with E-state index in [1.165, 1.54) is 15.0 Å². The molecule has 88 valence electrons. The standard InChI is InChI=1S/C14H10N2S2/c15-7-10-5-13(18-9-10)8-16-12-1-2-14-11(6-12)3-4-17-14/h1-6,9,16H,8H2. The molecule has 0 saturated heterocycles. The lowest BCUT2D eigenvalue weighted by Gasteiger charge is -2.04. The molecule has 18 heavy (non-hydrogen) atoms. The first-order valence-corrected chi connectivity index (χ1v) is 7.30. The highest BCUT2D eigenvalue weighted by Crippen LogP contribution is 2.24. The second-order valence-corrected chi connectivity index (χ2v) is 5.88. The molecule has 0 unspecified atom stereocenters. The molecule has 2 nitrogen and oxygen atoms in total. The van der Waals surface area contributed by atoms with Gasteiger partial charge in [0.25, 0.3) is 0 Å². The van der Waals surface area contributed by atoms with Crippen LogP contribution in [-0.4, -0.2) is 0 Å². The van der Waals surface area contributed by atoms with E-state index in [4.69, 9.17) is 5.26 Å². The van der Waals surface area contributed by atoms with Crippen LogP contribution in [0.3, 0.4) is 0 Å². The Balaban J connectivity index is 1.74. The Hall–Kier alpha value is -1.83. The molecule has 0 amide bonds. The predicted molar refractivity (Wildman–Crippen MR) is 78.2 cm³/mol. The van der Waals surface area contributed by atoms with Crippen molar-refractivity contribution in [2.75, 3.05) is 5.32 Å². The summed E-state index contributed by atoms with van der Waals surface area (Å²) in [5.41, 5.74) is 1.86. The van der Waals surface area contributed by atoms with Gasteiger partial charge in [-0.25, -0.2) is 0 Å². The van der Waals surface area contributed by atoms with E-state index in [1.807, 2.05) is 11.4 Å². The third-order valence-corrected chi connectivity index (χ3v) is 4.54. The summed E-state index contributed by atoms with van der Waals surface area (Å²) in [4.78, 5) is 1.18. The third-order valence-electron chi connectivity index (χ3n) is 2.70. The highest BCUT2D eigenvalue weighted by Gasteiger charge is 2.00. The number of nitriles is 1. The molecule has 3 rings (SSSR count). The molecule has 0 spiro atoms. The second-order valence-electron chi connectivity index (χ2n) is 3.94. The van der Waals surface area contributed by atoms with Gasteiger partial charge in [0.2, 0.25) is 0 Å². The van der Waals surface area contributed by atoms with Crippen LogP contribution in [0, 0.1) is 11.3 Å². The van der Waals surface area contributed by atoms with E-state index in [2.05, 4.69) is 41.0 Å². The number of hydrogen-bond donors (Lipinski definition) is 1. The van der Waals surface area contributed by atoms with Crippen LogP contribution >= 0.6 is 22.7 Å². The maximum atomic E-state index is 8.77. The lowest BCUT2D eigenvalue weighted by Crippen LogP contribution is -1.96. The molecule has 2 heterocycles. The van der Waals surface area contributed by atoms with Crippen molar-refractivity contribution in [3.8, 4) is 6.07 Å². The third kappa shape index (κ3) is 2.23. The van der Waals surface area contributed by atoms with Crippen molar-refractivity contribution in [3.63, 3.8) is 0 Å². The van der Waals surface area contributed by atoms with Crippen molar-refractivity contribution in [1.29, 1.82) is 5.26 Å². The minimum Gasteiger partial charge on any atom is -0.380 e. The van der Waals surface area contributed by atoms with Gasteiger partial charge in [-0.2, -0.15) is 5.26 Å². The van der Waals surface area contributed by atoms with Gasteiger partial charge in [-0.15, -0.1) is 22.7 Å². The topological polar surface area (TPSA) is 35.8 Å². The molecule has 1 aromatic carbocycles. The first-order valence-electron chi connectivity index (χ1n) is 5.54. The van der Waals surface area contributed by atoms with E-state index in [-0.39, 0.29) is 0 Å². The number of rotatable bonds is 3. The summed E-state index contributed by atoms with van der Waals surface area (Å²) in [7, 11) is 0. The number of thiophene rings is 2. The zero-order valence-electron chi connectivity index (χ0n) is 9.51. The van der Waals surface area contributed by atoms with Crippen LogP contribution in [0.25, 0.3) is 10.1 Å². The number of nitrogens with zero attached hydrogens (tertiary/aromatic N) is 1. The molecule has 0 aliphatic heterocycles. The quantitative estimate of drug-likeness (QED) is 0.763. The minimum atomic E-state index is 0.741. The van der Waals surface area contributed by atoms with Crippen molar-refractivity contribution in [2.45, 2.75) is 6.54 Å². The lowest BCUT2D eigenvalue weighted by atomic mass is 10.2. The van der Waals surface area contributed by atoms with Gasteiger partial charge < -0.3 is 5.32 Å². The summed E-state index contributed by atoms with van der Waals surface area (Å²) in [5.74, 6) is 0. The van der Waals surface area contributed by atoms with Crippen LogP contribution in [0.2, 0.25) is 0 Å². The summed E-state index contributed by atoms with van der Waals surface area (Å²) < 4.78 is 1.31. The molecule has 0 fully saturated rings. The molecule has 0 atom stereocenters. The maximum absolute atomic E-state index is 8.77. The SMILES string of the molecule is N#Cc1csc(CNc2ccc3sccc3c2)c1. The number of anilines is 1.